The summed E-state index contributed by atoms with van der Waals surface area (Å²) in [6, 6.07) is 2.68. The molecule has 1 aliphatic heterocycles. The van der Waals surface area contributed by atoms with Crippen molar-refractivity contribution in [2.24, 2.45) is 0 Å². The van der Waals surface area contributed by atoms with Crippen molar-refractivity contribution in [2.75, 3.05) is 31.6 Å². The van der Waals surface area contributed by atoms with Crippen molar-refractivity contribution in [3.05, 3.63) is 18.0 Å². The molecule has 2 rings (SSSR count). The van der Waals surface area contributed by atoms with Crippen LogP contribution in [0.15, 0.2) is 12.3 Å². The Bertz CT molecular complexity index is 375. The summed E-state index contributed by atoms with van der Waals surface area (Å²) < 4.78 is 5.42. The molecule has 1 atom stereocenters. The van der Waals surface area contributed by atoms with Crippen LogP contribution in [0.3, 0.4) is 0 Å². The first-order valence-electron chi connectivity index (χ1n) is 6.24. The zero-order chi connectivity index (χ0) is 12.3. The molecule has 0 spiro atoms. The molecular weight excluding hydrogens is 214 g/mol. The monoisotopic (exact) mass is 235 g/mol. The van der Waals surface area contributed by atoms with Gasteiger partial charge in [0, 0.05) is 24.8 Å². The number of rotatable bonds is 4. The second-order valence-corrected chi connectivity index (χ2v) is 4.43. The van der Waals surface area contributed by atoms with Crippen LogP contribution in [0.1, 0.15) is 19.0 Å². The van der Waals surface area contributed by atoms with Crippen LogP contribution in [0.2, 0.25) is 0 Å². The highest BCUT2D eigenvalue weighted by atomic mass is 16.5. The molecule has 0 aliphatic carbocycles. The minimum absolute atomic E-state index is 0.565. The van der Waals surface area contributed by atoms with Crippen molar-refractivity contribution in [1.82, 2.24) is 10.3 Å². The molecule has 0 amide bonds. The summed E-state index contributed by atoms with van der Waals surface area (Å²) in [5.74, 6) is 0.865. The number of aromatic nitrogens is 1. The van der Waals surface area contributed by atoms with E-state index in [1.54, 1.807) is 7.11 Å². The van der Waals surface area contributed by atoms with Crippen LogP contribution in [0.5, 0.6) is 5.75 Å². The molecule has 1 saturated heterocycles. The molecule has 1 aromatic heterocycles. The topological polar surface area (TPSA) is 37.4 Å². The zero-order valence-corrected chi connectivity index (χ0v) is 10.9. The van der Waals surface area contributed by atoms with E-state index in [-0.39, 0.29) is 0 Å². The van der Waals surface area contributed by atoms with Gasteiger partial charge in [-0.3, -0.25) is 4.98 Å². The fourth-order valence-electron chi connectivity index (χ4n) is 2.45. The Morgan fingerprint density at radius 1 is 1.59 bits per heavy atom. The predicted molar refractivity (Wildman–Crippen MR) is 69.8 cm³/mol. The third-order valence-electron chi connectivity index (χ3n) is 3.33. The third-order valence-corrected chi connectivity index (χ3v) is 3.33. The maximum absolute atomic E-state index is 5.42. The molecule has 1 N–H and O–H groups in total. The standard InChI is InChI=1S/C13H21N3O/c1-4-16(11-5-6-14-8-11)12-7-10(2)15-9-13(12)17-3/h7,9,11,14H,4-6,8H2,1-3H3. The quantitative estimate of drug-likeness (QED) is 0.860. The fraction of sp³-hybridized carbons (Fsp3) is 0.615. The molecule has 0 saturated carbocycles. The Hall–Kier alpha value is -1.29. The minimum Gasteiger partial charge on any atom is -0.493 e. The van der Waals surface area contributed by atoms with Crippen LogP contribution in [0, 0.1) is 6.92 Å². The Kier molecular flexibility index (Phi) is 3.84. The lowest BCUT2D eigenvalue weighted by molar-refractivity contribution is 0.410. The van der Waals surface area contributed by atoms with Gasteiger partial charge >= 0.3 is 0 Å². The molecule has 0 bridgehead atoms. The van der Waals surface area contributed by atoms with E-state index in [0.29, 0.717) is 6.04 Å². The van der Waals surface area contributed by atoms with E-state index >= 15 is 0 Å². The van der Waals surface area contributed by atoms with E-state index in [1.165, 1.54) is 6.42 Å². The number of aryl methyl sites for hydroxylation is 1. The molecule has 0 aromatic carbocycles. The van der Waals surface area contributed by atoms with Crippen LogP contribution in [-0.4, -0.2) is 37.8 Å². The van der Waals surface area contributed by atoms with Crippen molar-refractivity contribution in [1.29, 1.82) is 0 Å². The number of ether oxygens (including phenoxy) is 1. The lowest BCUT2D eigenvalue weighted by atomic mass is 10.2. The van der Waals surface area contributed by atoms with Gasteiger partial charge in [0.25, 0.3) is 0 Å². The molecule has 1 aliphatic rings. The average Bonchev–Trinajstić information content (AvgIpc) is 2.84. The SMILES string of the molecule is CCN(c1cc(C)ncc1OC)C1CCNC1. The van der Waals surface area contributed by atoms with Crippen molar-refractivity contribution in [2.45, 2.75) is 26.3 Å². The summed E-state index contributed by atoms with van der Waals surface area (Å²) in [5.41, 5.74) is 2.20. The lowest BCUT2D eigenvalue weighted by Crippen LogP contribution is -2.37. The molecule has 1 aromatic rings. The number of nitrogens with zero attached hydrogens (tertiary/aromatic N) is 2. The van der Waals surface area contributed by atoms with Gasteiger partial charge in [0.1, 0.15) is 0 Å². The van der Waals surface area contributed by atoms with Crippen LogP contribution in [0.4, 0.5) is 5.69 Å². The molecule has 0 radical (unpaired) electrons. The number of pyridine rings is 1. The largest absolute Gasteiger partial charge is 0.493 e. The normalized spacial score (nSPS) is 19.4. The van der Waals surface area contributed by atoms with E-state index in [1.807, 2.05) is 13.1 Å². The van der Waals surface area contributed by atoms with Crippen LogP contribution in [0.25, 0.3) is 0 Å². The third kappa shape index (κ3) is 2.52. The van der Waals surface area contributed by atoms with Crippen molar-refractivity contribution >= 4 is 5.69 Å². The predicted octanol–water partition coefficient (Wildman–Crippen LogP) is 1.59. The summed E-state index contributed by atoms with van der Waals surface area (Å²) in [6.07, 6.45) is 3.01. The first-order valence-corrected chi connectivity index (χ1v) is 6.24. The van der Waals surface area contributed by atoms with E-state index in [4.69, 9.17) is 4.74 Å². The number of hydrogen-bond donors (Lipinski definition) is 1. The van der Waals surface area contributed by atoms with Crippen LogP contribution < -0.4 is 15.0 Å². The van der Waals surface area contributed by atoms with Gasteiger partial charge < -0.3 is 15.0 Å². The van der Waals surface area contributed by atoms with E-state index in [2.05, 4.69) is 28.2 Å². The van der Waals surface area contributed by atoms with Crippen molar-refractivity contribution in [3.8, 4) is 5.75 Å². The highest BCUT2D eigenvalue weighted by Gasteiger charge is 2.23. The Balaban J connectivity index is 2.31. The zero-order valence-electron chi connectivity index (χ0n) is 10.9. The summed E-state index contributed by atoms with van der Waals surface area (Å²) in [6.45, 7) is 7.36. The van der Waals surface area contributed by atoms with E-state index in [9.17, 15) is 0 Å². The molecule has 2 heterocycles. The number of likely N-dealkylation sites (N-methyl/N-ethyl adjacent to an activating group) is 1. The van der Waals surface area contributed by atoms with Gasteiger partial charge in [-0.15, -0.1) is 0 Å². The van der Waals surface area contributed by atoms with Gasteiger partial charge in [-0.1, -0.05) is 0 Å². The Morgan fingerprint density at radius 2 is 2.41 bits per heavy atom. The molecular formula is C13H21N3O. The highest BCUT2D eigenvalue weighted by molar-refractivity contribution is 5.59. The van der Waals surface area contributed by atoms with Crippen molar-refractivity contribution < 1.29 is 4.74 Å². The summed E-state index contributed by atoms with van der Waals surface area (Å²) in [4.78, 5) is 6.70. The van der Waals surface area contributed by atoms with Gasteiger partial charge in [0.15, 0.2) is 5.75 Å². The van der Waals surface area contributed by atoms with Gasteiger partial charge in [-0.25, -0.2) is 0 Å². The molecule has 4 heteroatoms. The van der Waals surface area contributed by atoms with Crippen LogP contribution >= 0.6 is 0 Å². The van der Waals surface area contributed by atoms with E-state index < -0.39 is 0 Å². The number of hydrogen-bond acceptors (Lipinski definition) is 4. The number of nitrogens with one attached hydrogen (secondary N) is 1. The summed E-state index contributed by atoms with van der Waals surface area (Å²) in [7, 11) is 1.70. The first-order chi connectivity index (χ1) is 8.26. The van der Waals surface area contributed by atoms with Crippen LogP contribution in [-0.2, 0) is 0 Å². The van der Waals surface area contributed by atoms with Gasteiger partial charge in [-0.2, -0.15) is 0 Å². The lowest BCUT2D eigenvalue weighted by Gasteiger charge is -2.30. The number of methoxy groups -OCH3 is 1. The minimum atomic E-state index is 0.565. The van der Waals surface area contributed by atoms with Gasteiger partial charge in [0.2, 0.25) is 0 Å². The molecule has 1 fully saturated rings. The Labute approximate surface area is 103 Å². The van der Waals surface area contributed by atoms with E-state index in [0.717, 1.165) is 36.8 Å². The second-order valence-electron chi connectivity index (χ2n) is 4.43. The highest BCUT2D eigenvalue weighted by Crippen LogP contribution is 2.30. The fourth-order valence-corrected chi connectivity index (χ4v) is 2.45. The Morgan fingerprint density at radius 3 is 3.00 bits per heavy atom. The summed E-state index contributed by atoms with van der Waals surface area (Å²) >= 11 is 0. The molecule has 4 nitrogen and oxygen atoms in total. The maximum Gasteiger partial charge on any atom is 0.160 e. The molecule has 94 valence electrons. The first kappa shape index (κ1) is 12.2. The average molecular weight is 235 g/mol. The molecule has 1 unspecified atom stereocenters. The smallest absolute Gasteiger partial charge is 0.160 e. The maximum atomic E-state index is 5.42. The second kappa shape index (κ2) is 5.36. The van der Waals surface area contributed by atoms with Gasteiger partial charge in [-0.05, 0) is 32.9 Å². The number of anilines is 1. The van der Waals surface area contributed by atoms with Crippen molar-refractivity contribution in [3.63, 3.8) is 0 Å². The summed E-state index contributed by atoms with van der Waals surface area (Å²) in [5, 5.41) is 3.41. The van der Waals surface area contributed by atoms with Gasteiger partial charge in [0.05, 0.1) is 19.0 Å². The molecule has 17 heavy (non-hydrogen) atoms.